The number of aryl methyl sites for hydroxylation is 1. The van der Waals surface area contributed by atoms with Gasteiger partial charge in [-0.3, -0.25) is 19.7 Å². The molecule has 1 aromatic heterocycles. The number of carbonyl (C=O) groups excluding carboxylic acids is 3. The number of halogens is 2. The van der Waals surface area contributed by atoms with Gasteiger partial charge in [0.25, 0.3) is 17.6 Å². The summed E-state index contributed by atoms with van der Waals surface area (Å²) in [5.41, 5.74) is 1.91. The molecule has 2 amide bonds. The Morgan fingerprint density at radius 1 is 0.840 bits per heavy atom. The molecule has 1 aliphatic rings. The summed E-state index contributed by atoms with van der Waals surface area (Å²) in [6.45, 7) is 1.22. The van der Waals surface area contributed by atoms with Gasteiger partial charge in [-0.2, -0.15) is 0 Å². The molecule has 0 saturated carbocycles. The third-order valence-electron chi connectivity index (χ3n) is 7.92. The lowest BCUT2D eigenvalue weighted by Crippen LogP contribution is -2.42. The van der Waals surface area contributed by atoms with Gasteiger partial charge in [-0.05, 0) is 67.3 Å². The molecule has 50 heavy (non-hydrogen) atoms. The second-order valence-electron chi connectivity index (χ2n) is 11.3. The van der Waals surface area contributed by atoms with E-state index >= 15 is 0 Å². The van der Waals surface area contributed by atoms with Gasteiger partial charge in [-0.25, -0.2) is 14.4 Å². The van der Waals surface area contributed by atoms with E-state index in [2.05, 4.69) is 20.6 Å². The fourth-order valence-corrected chi connectivity index (χ4v) is 5.64. The van der Waals surface area contributed by atoms with E-state index in [1.165, 1.54) is 18.5 Å². The van der Waals surface area contributed by atoms with Crippen LogP contribution in [0.1, 0.15) is 45.5 Å². The number of ether oxygens (including phenoxy) is 4. The number of Topliss-reactive ketones (excluding diaryl/α,β-unsaturated/α-hetero) is 1. The molecule has 2 heterocycles. The molecule has 0 aliphatic carbocycles. The number of aromatic nitrogens is 2. The number of nitrogens with one attached hydrogen (secondary N) is 2. The molecule has 0 radical (unpaired) electrons. The Morgan fingerprint density at radius 3 is 2.54 bits per heavy atom. The van der Waals surface area contributed by atoms with E-state index in [4.69, 9.17) is 30.5 Å². The van der Waals surface area contributed by atoms with Crippen molar-refractivity contribution in [1.29, 1.82) is 0 Å². The molecule has 6 rings (SSSR count). The van der Waals surface area contributed by atoms with E-state index < -0.39 is 23.4 Å². The first-order valence-corrected chi connectivity index (χ1v) is 16.2. The van der Waals surface area contributed by atoms with Crippen LogP contribution < -0.4 is 24.8 Å². The molecule has 5 aromatic rings. The summed E-state index contributed by atoms with van der Waals surface area (Å²) in [7, 11) is 1.54. The van der Waals surface area contributed by atoms with Gasteiger partial charge in [0.15, 0.2) is 17.3 Å². The topological polar surface area (TPSA) is 138 Å². The van der Waals surface area contributed by atoms with Crippen LogP contribution in [0, 0.1) is 5.82 Å². The van der Waals surface area contributed by atoms with Crippen LogP contribution in [0.15, 0.2) is 79.1 Å². The van der Waals surface area contributed by atoms with Crippen molar-refractivity contribution >= 4 is 51.6 Å². The van der Waals surface area contributed by atoms with Gasteiger partial charge in [-0.15, -0.1) is 0 Å². The number of anilines is 2. The van der Waals surface area contributed by atoms with E-state index in [0.29, 0.717) is 47.2 Å². The highest BCUT2D eigenvalue weighted by atomic mass is 35.5. The van der Waals surface area contributed by atoms with Gasteiger partial charge in [0, 0.05) is 23.6 Å². The van der Waals surface area contributed by atoms with Crippen LogP contribution in [-0.2, 0) is 16.0 Å². The van der Waals surface area contributed by atoms with Gasteiger partial charge in [0.05, 0.1) is 35.5 Å². The van der Waals surface area contributed by atoms with Gasteiger partial charge in [-0.1, -0.05) is 42.3 Å². The monoisotopic (exact) mass is 698 g/mol. The molecule has 0 unspecified atom stereocenters. The maximum absolute atomic E-state index is 14.5. The van der Waals surface area contributed by atoms with Gasteiger partial charge < -0.3 is 24.3 Å². The average Bonchev–Trinajstić information content (AvgIpc) is 3.11. The molecule has 11 nitrogen and oxygen atoms in total. The van der Waals surface area contributed by atoms with E-state index in [-0.39, 0.29) is 34.2 Å². The molecule has 13 heteroatoms. The molecule has 1 aliphatic heterocycles. The zero-order chi connectivity index (χ0) is 35.0. The Kier molecular flexibility index (Phi) is 10.8. The number of hydrogen-bond donors (Lipinski definition) is 2. The number of carbonyl (C=O) groups is 3. The molecule has 2 N–H and O–H groups in total. The molecule has 256 valence electrons. The maximum atomic E-state index is 14.5. The largest absolute Gasteiger partial charge is 0.493 e. The minimum atomic E-state index is -0.948. The van der Waals surface area contributed by atoms with Crippen LogP contribution >= 0.6 is 11.6 Å². The second kappa shape index (κ2) is 15.7. The Hall–Kier alpha value is -5.59. The SMILES string of the molecule is COc1cc2ncnc(Nc3cccc(Cl)c3F)c2cc1OCCOCCCCCc1cccc(Oc2cccc3c2C(=O)NC(=O)C3=O)c1. The number of unbranched alkanes of at least 4 members (excludes halogenated alkanes) is 2. The number of fused-ring (bicyclic) bond motifs is 2. The quantitative estimate of drug-likeness (QED) is 0.0654. The third-order valence-corrected chi connectivity index (χ3v) is 8.21. The first-order valence-electron chi connectivity index (χ1n) is 15.9. The van der Waals surface area contributed by atoms with Crippen molar-refractivity contribution in [2.45, 2.75) is 25.7 Å². The van der Waals surface area contributed by atoms with Crippen LogP contribution in [0.3, 0.4) is 0 Å². The summed E-state index contributed by atoms with van der Waals surface area (Å²) < 4.78 is 37.8. The molecular weight excluding hydrogens is 667 g/mol. The number of ketones is 1. The summed E-state index contributed by atoms with van der Waals surface area (Å²) in [5, 5.41) is 5.66. The molecule has 0 spiro atoms. The molecule has 0 saturated heterocycles. The summed E-state index contributed by atoms with van der Waals surface area (Å²) in [6, 6.07) is 20.3. The van der Waals surface area contributed by atoms with Crippen molar-refractivity contribution in [2.24, 2.45) is 0 Å². The Bertz CT molecular complexity index is 2080. The Balaban J connectivity index is 0.951. The van der Waals surface area contributed by atoms with Crippen molar-refractivity contribution in [2.75, 3.05) is 32.2 Å². The number of benzene rings is 4. The van der Waals surface area contributed by atoms with Crippen LogP contribution in [0.25, 0.3) is 10.9 Å². The normalized spacial score (nSPS) is 12.4. The van der Waals surface area contributed by atoms with Crippen LogP contribution in [0.2, 0.25) is 5.02 Å². The lowest BCUT2D eigenvalue weighted by atomic mass is 9.98. The zero-order valence-electron chi connectivity index (χ0n) is 27.0. The average molecular weight is 699 g/mol. The van der Waals surface area contributed by atoms with E-state index in [1.54, 1.807) is 49.6 Å². The lowest BCUT2D eigenvalue weighted by molar-refractivity contribution is -0.116. The predicted molar refractivity (Wildman–Crippen MR) is 184 cm³/mol. The number of rotatable bonds is 15. The highest BCUT2D eigenvalue weighted by Gasteiger charge is 2.33. The minimum Gasteiger partial charge on any atom is -0.493 e. The molecule has 4 aromatic carbocycles. The molecule has 0 fully saturated rings. The third kappa shape index (κ3) is 7.82. The first kappa shape index (κ1) is 34.3. The Labute approximate surface area is 291 Å². The van der Waals surface area contributed by atoms with Crippen molar-refractivity contribution in [3.63, 3.8) is 0 Å². The van der Waals surface area contributed by atoms with E-state index in [0.717, 1.165) is 31.2 Å². The number of imide groups is 1. The second-order valence-corrected chi connectivity index (χ2v) is 11.7. The summed E-state index contributed by atoms with van der Waals surface area (Å²) in [5.74, 6) is -0.880. The van der Waals surface area contributed by atoms with Crippen molar-refractivity contribution in [3.8, 4) is 23.0 Å². The fourth-order valence-electron chi connectivity index (χ4n) is 5.46. The fraction of sp³-hybridized carbons (Fsp3) is 0.216. The van der Waals surface area contributed by atoms with Gasteiger partial charge in [0.2, 0.25) is 0 Å². The Morgan fingerprint density at radius 2 is 1.68 bits per heavy atom. The standard InChI is InChI=1S/C37H32ClFN4O7/c1-47-30-20-28-25(35(41-21-40-28)42-27-13-7-12-26(38)33(27)39)19-31(30)49-17-16-48-15-4-2-3-8-22-9-5-10-23(18-22)50-29-14-6-11-24-32(29)36(45)43-37(46)34(24)44/h5-7,9-14,18-21H,2-4,8,15-17H2,1H3,(H,40,41,42)(H,43,45,46). The number of amides is 2. The number of nitrogens with zero attached hydrogens (tertiary/aromatic N) is 2. The van der Waals surface area contributed by atoms with E-state index in [1.807, 2.05) is 18.2 Å². The van der Waals surface area contributed by atoms with Crippen LogP contribution in [0.4, 0.5) is 15.9 Å². The smallest absolute Gasteiger partial charge is 0.299 e. The minimum absolute atomic E-state index is 0.00213. The van der Waals surface area contributed by atoms with Crippen molar-refractivity contribution in [3.05, 3.63) is 107 Å². The first-order chi connectivity index (χ1) is 24.3. The summed E-state index contributed by atoms with van der Waals surface area (Å²) in [4.78, 5) is 44.9. The molecule has 0 bridgehead atoms. The highest BCUT2D eigenvalue weighted by molar-refractivity contribution is 6.49. The number of methoxy groups -OCH3 is 1. The summed E-state index contributed by atoms with van der Waals surface area (Å²) in [6.07, 6.45) is 4.92. The molecular formula is C37H32ClFN4O7. The maximum Gasteiger partial charge on any atom is 0.299 e. The van der Waals surface area contributed by atoms with Crippen LogP contribution in [0.5, 0.6) is 23.0 Å². The van der Waals surface area contributed by atoms with Crippen molar-refractivity contribution in [1.82, 2.24) is 15.3 Å². The lowest BCUT2D eigenvalue weighted by Gasteiger charge is -2.17. The van der Waals surface area contributed by atoms with Gasteiger partial charge >= 0.3 is 0 Å². The highest BCUT2D eigenvalue weighted by Crippen LogP contribution is 2.36. The van der Waals surface area contributed by atoms with E-state index in [9.17, 15) is 18.8 Å². The molecule has 0 atom stereocenters. The van der Waals surface area contributed by atoms with Gasteiger partial charge in [0.1, 0.15) is 30.3 Å². The van der Waals surface area contributed by atoms with Crippen molar-refractivity contribution < 1.29 is 37.7 Å². The number of hydrogen-bond acceptors (Lipinski definition) is 10. The predicted octanol–water partition coefficient (Wildman–Crippen LogP) is 7.23. The van der Waals surface area contributed by atoms with Crippen LogP contribution in [-0.4, -0.2) is 54.5 Å². The zero-order valence-corrected chi connectivity index (χ0v) is 27.7. The summed E-state index contributed by atoms with van der Waals surface area (Å²) >= 11 is 5.94.